The van der Waals surface area contributed by atoms with Gasteiger partial charge in [0, 0.05) is 31.6 Å². The van der Waals surface area contributed by atoms with Gasteiger partial charge in [-0.2, -0.15) is 0 Å². The molecule has 0 aromatic carbocycles. The predicted octanol–water partition coefficient (Wildman–Crippen LogP) is 0.518. The van der Waals surface area contributed by atoms with Crippen LogP contribution in [0.4, 0.5) is 0 Å². The van der Waals surface area contributed by atoms with Gasteiger partial charge in [-0.3, -0.25) is 14.2 Å². The van der Waals surface area contributed by atoms with E-state index in [2.05, 4.69) is 5.32 Å². The fraction of sp³-hybridized carbons (Fsp3) is 0.455. The average molecular weight is 224 g/mol. The molecule has 0 atom stereocenters. The molecule has 1 aromatic heterocycles. The van der Waals surface area contributed by atoms with Crippen LogP contribution in [0, 0.1) is 6.92 Å². The van der Waals surface area contributed by atoms with Crippen molar-refractivity contribution in [1.82, 2.24) is 9.88 Å². The normalized spacial score (nSPS) is 10.2. The predicted molar refractivity (Wildman–Crippen MR) is 60.3 cm³/mol. The van der Waals surface area contributed by atoms with Gasteiger partial charge in [0.15, 0.2) is 5.88 Å². The largest absolute Gasteiger partial charge is 0.494 e. The number of hydrogen-bond donors (Lipinski definition) is 2. The highest BCUT2D eigenvalue weighted by molar-refractivity contribution is 5.72. The molecule has 1 heterocycles. The number of nitrogens with zero attached hydrogens (tertiary/aromatic N) is 1. The summed E-state index contributed by atoms with van der Waals surface area (Å²) in [6.45, 7) is 5.55. The topological polar surface area (TPSA) is 71.3 Å². The molecule has 1 rings (SSSR count). The second-order valence-electron chi connectivity index (χ2n) is 3.62. The Hall–Kier alpha value is -1.78. The number of aryl methyl sites for hydroxylation is 1. The molecule has 0 spiro atoms. The van der Waals surface area contributed by atoms with Crippen molar-refractivity contribution in [3.05, 3.63) is 27.5 Å². The minimum atomic E-state index is -0.232. The minimum Gasteiger partial charge on any atom is -0.494 e. The molecule has 0 fully saturated rings. The van der Waals surface area contributed by atoms with Crippen molar-refractivity contribution in [2.45, 2.75) is 33.9 Å². The van der Waals surface area contributed by atoms with E-state index in [4.69, 9.17) is 0 Å². The molecule has 16 heavy (non-hydrogen) atoms. The van der Waals surface area contributed by atoms with Crippen LogP contribution in [0.15, 0.2) is 10.9 Å². The first-order valence-corrected chi connectivity index (χ1v) is 5.14. The smallest absolute Gasteiger partial charge is 0.253 e. The maximum atomic E-state index is 11.5. The summed E-state index contributed by atoms with van der Waals surface area (Å²) in [5.74, 6) is -0.241. The van der Waals surface area contributed by atoms with Gasteiger partial charge in [-0.25, -0.2) is 0 Å². The number of carbonyl (C=O) groups is 1. The molecule has 0 aliphatic heterocycles. The number of pyridine rings is 1. The maximum Gasteiger partial charge on any atom is 0.253 e. The van der Waals surface area contributed by atoms with Crippen LogP contribution in [0.5, 0.6) is 5.88 Å². The second-order valence-corrected chi connectivity index (χ2v) is 3.62. The first-order valence-electron chi connectivity index (χ1n) is 5.14. The summed E-state index contributed by atoms with van der Waals surface area (Å²) in [5, 5.41) is 12.5. The molecular weight excluding hydrogens is 208 g/mol. The Bertz CT molecular complexity index is 463. The van der Waals surface area contributed by atoms with Crippen LogP contribution in [0.3, 0.4) is 0 Å². The van der Waals surface area contributed by atoms with E-state index < -0.39 is 0 Å². The molecule has 0 saturated carbocycles. The summed E-state index contributed by atoms with van der Waals surface area (Å²) in [5.41, 5.74) is 1.03. The van der Waals surface area contributed by atoms with E-state index in [0.717, 1.165) is 0 Å². The second kappa shape index (κ2) is 4.83. The molecular formula is C11H16N2O3. The number of rotatable bonds is 3. The van der Waals surface area contributed by atoms with Crippen molar-refractivity contribution >= 4 is 5.91 Å². The molecule has 5 nitrogen and oxygen atoms in total. The Balaban J connectivity index is 3.17. The van der Waals surface area contributed by atoms with Crippen LogP contribution in [0.25, 0.3) is 0 Å². The highest BCUT2D eigenvalue weighted by Gasteiger charge is 2.11. The fourth-order valence-corrected chi connectivity index (χ4v) is 1.53. The Morgan fingerprint density at radius 1 is 1.56 bits per heavy atom. The standard InChI is InChI=1S/C11H16N2O3/c1-4-13-10(15)5-7(2)9(11(13)16)6-12-8(3)14/h5,16H,4,6H2,1-3H3,(H,12,14). The zero-order valence-corrected chi connectivity index (χ0v) is 9.70. The third-order valence-corrected chi connectivity index (χ3v) is 2.44. The number of aromatic hydroxyl groups is 1. The number of carbonyl (C=O) groups excluding carboxylic acids is 1. The van der Waals surface area contributed by atoms with Crippen molar-refractivity contribution in [1.29, 1.82) is 0 Å². The lowest BCUT2D eigenvalue weighted by atomic mass is 10.1. The summed E-state index contributed by atoms with van der Waals surface area (Å²) >= 11 is 0. The maximum absolute atomic E-state index is 11.5. The van der Waals surface area contributed by atoms with Gasteiger partial charge in [-0.1, -0.05) is 0 Å². The minimum absolute atomic E-state index is 0.0683. The zero-order valence-electron chi connectivity index (χ0n) is 9.70. The van der Waals surface area contributed by atoms with Crippen molar-refractivity contribution in [3.8, 4) is 5.88 Å². The number of nitrogens with one attached hydrogen (secondary N) is 1. The summed E-state index contributed by atoms with van der Waals surface area (Å²) in [4.78, 5) is 22.3. The van der Waals surface area contributed by atoms with Gasteiger partial charge in [0.05, 0.1) is 0 Å². The summed E-state index contributed by atoms with van der Waals surface area (Å²) < 4.78 is 1.27. The average Bonchev–Trinajstić information content (AvgIpc) is 2.16. The lowest BCUT2D eigenvalue weighted by Gasteiger charge is -2.13. The molecule has 0 saturated heterocycles. The summed E-state index contributed by atoms with van der Waals surface area (Å²) in [7, 11) is 0. The molecule has 5 heteroatoms. The molecule has 0 radical (unpaired) electrons. The molecule has 0 unspecified atom stereocenters. The Morgan fingerprint density at radius 2 is 2.19 bits per heavy atom. The third kappa shape index (κ3) is 2.42. The van der Waals surface area contributed by atoms with Crippen LogP contribution in [0.1, 0.15) is 25.0 Å². The molecule has 1 aromatic rings. The molecule has 88 valence electrons. The van der Waals surface area contributed by atoms with Crippen LogP contribution in [0.2, 0.25) is 0 Å². The van der Waals surface area contributed by atoms with Gasteiger partial charge in [-0.05, 0) is 19.4 Å². The Labute approximate surface area is 93.7 Å². The van der Waals surface area contributed by atoms with Gasteiger partial charge in [0.25, 0.3) is 5.56 Å². The van der Waals surface area contributed by atoms with E-state index in [9.17, 15) is 14.7 Å². The SMILES string of the molecule is CCn1c(O)c(CNC(C)=O)c(C)cc1=O. The van der Waals surface area contributed by atoms with E-state index in [0.29, 0.717) is 17.7 Å². The summed E-state index contributed by atoms with van der Waals surface area (Å²) in [6.07, 6.45) is 0. The van der Waals surface area contributed by atoms with Crippen LogP contribution in [-0.4, -0.2) is 15.6 Å². The van der Waals surface area contributed by atoms with Gasteiger partial charge in [0.1, 0.15) is 0 Å². The molecule has 0 aliphatic carbocycles. The van der Waals surface area contributed by atoms with E-state index in [1.807, 2.05) is 0 Å². The highest BCUT2D eigenvalue weighted by Crippen LogP contribution is 2.18. The number of hydrogen-bond acceptors (Lipinski definition) is 3. The molecule has 0 aliphatic rings. The fourth-order valence-electron chi connectivity index (χ4n) is 1.53. The number of amides is 1. The van der Waals surface area contributed by atoms with Crippen LogP contribution < -0.4 is 10.9 Å². The quantitative estimate of drug-likeness (QED) is 0.786. The van der Waals surface area contributed by atoms with E-state index in [-0.39, 0.29) is 23.9 Å². The lowest BCUT2D eigenvalue weighted by Crippen LogP contribution is -2.24. The summed E-state index contributed by atoms with van der Waals surface area (Å²) in [6, 6.07) is 1.46. The van der Waals surface area contributed by atoms with Crippen molar-refractivity contribution in [3.63, 3.8) is 0 Å². The molecule has 0 bridgehead atoms. The van der Waals surface area contributed by atoms with Gasteiger partial charge >= 0.3 is 0 Å². The highest BCUT2D eigenvalue weighted by atomic mass is 16.3. The lowest BCUT2D eigenvalue weighted by molar-refractivity contribution is -0.119. The van der Waals surface area contributed by atoms with Crippen molar-refractivity contribution < 1.29 is 9.90 Å². The number of aromatic nitrogens is 1. The van der Waals surface area contributed by atoms with Gasteiger partial charge in [-0.15, -0.1) is 0 Å². The first kappa shape index (κ1) is 12.3. The van der Waals surface area contributed by atoms with E-state index in [1.54, 1.807) is 13.8 Å². The zero-order chi connectivity index (χ0) is 12.3. The van der Waals surface area contributed by atoms with Gasteiger partial charge in [0.2, 0.25) is 5.91 Å². The van der Waals surface area contributed by atoms with Crippen molar-refractivity contribution in [2.75, 3.05) is 0 Å². The molecule has 1 amide bonds. The van der Waals surface area contributed by atoms with Crippen molar-refractivity contribution in [2.24, 2.45) is 0 Å². The van der Waals surface area contributed by atoms with E-state index in [1.165, 1.54) is 17.6 Å². The molecule has 2 N–H and O–H groups in total. The Morgan fingerprint density at radius 3 is 2.69 bits per heavy atom. The Kier molecular flexibility index (Phi) is 3.71. The monoisotopic (exact) mass is 224 g/mol. The van der Waals surface area contributed by atoms with E-state index >= 15 is 0 Å². The van der Waals surface area contributed by atoms with Crippen LogP contribution in [-0.2, 0) is 17.9 Å². The first-order chi connectivity index (χ1) is 7.47. The van der Waals surface area contributed by atoms with Crippen LogP contribution >= 0.6 is 0 Å². The van der Waals surface area contributed by atoms with Gasteiger partial charge < -0.3 is 10.4 Å². The third-order valence-electron chi connectivity index (χ3n) is 2.44.